The monoisotopic (exact) mass is 362 g/mol. The molecular weight excluding hydrogens is 358 g/mol. The lowest BCUT2D eigenvalue weighted by molar-refractivity contribution is 0.0923. The van der Waals surface area contributed by atoms with Gasteiger partial charge in [0.05, 0.1) is 5.52 Å². The summed E-state index contributed by atoms with van der Waals surface area (Å²) < 4.78 is 4.47. The predicted octanol–water partition coefficient (Wildman–Crippen LogP) is 4.96. The van der Waals surface area contributed by atoms with Crippen LogP contribution in [0.3, 0.4) is 0 Å². The summed E-state index contributed by atoms with van der Waals surface area (Å²) in [5.41, 5.74) is 1.17. The second kappa shape index (κ2) is 5.21. The molecule has 1 aromatic carbocycles. The molecule has 3 rings (SSSR count). The minimum absolute atomic E-state index is 0.194. The van der Waals surface area contributed by atoms with Crippen molar-refractivity contribution in [1.82, 2.24) is 9.55 Å². The molecule has 3 aromatic rings. The van der Waals surface area contributed by atoms with Gasteiger partial charge in [-0.25, -0.2) is 4.98 Å². The van der Waals surface area contributed by atoms with E-state index in [0.717, 1.165) is 5.39 Å². The van der Waals surface area contributed by atoms with Crippen LogP contribution in [-0.4, -0.2) is 19.3 Å². The first kappa shape index (κ1) is 14.7. The number of para-hydroxylation sites is 1. The summed E-state index contributed by atoms with van der Waals surface area (Å²) in [6.45, 7) is 0. The number of hydrogen-bond donors (Lipinski definition) is 0. The number of carbonyl (C=O) groups is 1. The van der Waals surface area contributed by atoms with Crippen molar-refractivity contribution in [3.63, 3.8) is 0 Å². The maximum atomic E-state index is 12.2. The molecule has 0 amide bonds. The van der Waals surface area contributed by atoms with E-state index in [1.54, 1.807) is 12.1 Å². The first-order valence-corrected chi connectivity index (χ1v) is 7.21. The number of fused-ring (bicyclic) bond motifs is 1. The van der Waals surface area contributed by atoms with Crippen molar-refractivity contribution in [2.24, 2.45) is 0 Å². The Morgan fingerprint density at radius 3 is 2.57 bits per heavy atom. The Kier molecular flexibility index (Phi) is 3.66. The molecule has 0 aliphatic rings. The van der Waals surface area contributed by atoms with Crippen LogP contribution in [0.2, 0.25) is 5.15 Å². The summed E-state index contributed by atoms with van der Waals surface area (Å²) >= 11 is 23.0. The highest BCUT2D eigenvalue weighted by Gasteiger charge is 2.33. The molecule has 0 N–H and O–H groups in total. The molecule has 0 atom stereocenters. The van der Waals surface area contributed by atoms with Gasteiger partial charge in [-0.05, 0) is 6.07 Å². The van der Waals surface area contributed by atoms with Crippen LogP contribution in [0.25, 0.3) is 22.2 Å². The van der Waals surface area contributed by atoms with Crippen molar-refractivity contribution in [3.05, 3.63) is 42.0 Å². The molecule has 0 radical (unpaired) electrons. The summed E-state index contributed by atoms with van der Waals surface area (Å²) in [6, 6.07) is 7.14. The second-order valence-corrected chi connectivity index (χ2v) is 6.84. The highest BCUT2D eigenvalue weighted by Crippen LogP contribution is 2.37. The SMILES string of the molecule is O=C(n1cc(-c2ocnc2Cl)c2ccccc21)C(Cl)(Cl)Cl. The number of hydrogen-bond acceptors (Lipinski definition) is 3. The molecule has 0 aliphatic carbocycles. The molecule has 2 aromatic heterocycles. The van der Waals surface area contributed by atoms with Gasteiger partial charge in [-0.15, -0.1) is 0 Å². The van der Waals surface area contributed by atoms with Crippen LogP contribution in [0.4, 0.5) is 0 Å². The van der Waals surface area contributed by atoms with Crippen LogP contribution >= 0.6 is 46.4 Å². The van der Waals surface area contributed by atoms with E-state index in [1.807, 2.05) is 12.1 Å². The standard InChI is InChI=1S/C13H6Cl4N2O2/c14-11-10(21-6-18-11)8-5-19(12(20)13(15,16)17)9-4-2-1-3-7(8)9/h1-6H. The lowest BCUT2D eigenvalue weighted by atomic mass is 10.1. The van der Waals surface area contributed by atoms with E-state index < -0.39 is 9.70 Å². The Bertz CT molecular complexity index is 832. The van der Waals surface area contributed by atoms with Gasteiger partial charge in [-0.1, -0.05) is 64.6 Å². The van der Waals surface area contributed by atoms with Crippen molar-refractivity contribution in [2.45, 2.75) is 3.79 Å². The Labute approximate surface area is 139 Å². The van der Waals surface area contributed by atoms with Crippen LogP contribution in [0, 0.1) is 0 Å². The van der Waals surface area contributed by atoms with E-state index in [0.29, 0.717) is 16.8 Å². The number of rotatable bonds is 1. The minimum Gasteiger partial charge on any atom is -0.442 e. The first-order chi connectivity index (χ1) is 9.89. The zero-order chi connectivity index (χ0) is 15.2. The number of oxazole rings is 1. The van der Waals surface area contributed by atoms with Gasteiger partial charge in [0.2, 0.25) is 0 Å². The van der Waals surface area contributed by atoms with Crippen molar-refractivity contribution in [3.8, 4) is 11.3 Å². The third kappa shape index (κ3) is 2.53. The maximum Gasteiger partial charge on any atom is 0.283 e. The predicted molar refractivity (Wildman–Crippen MR) is 83.4 cm³/mol. The topological polar surface area (TPSA) is 48.0 Å². The number of benzene rings is 1. The summed E-state index contributed by atoms with van der Waals surface area (Å²) in [6.07, 6.45) is 2.74. The molecule has 0 saturated heterocycles. The van der Waals surface area contributed by atoms with Gasteiger partial charge >= 0.3 is 0 Å². The van der Waals surface area contributed by atoms with Gasteiger partial charge in [0.1, 0.15) is 0 Å². The molecule has 0 bridgehead atoms. The fourth-order valence-corrected chi connectivity index (χ4v) is 2.53. The van der Waals surface area contributed by atoms with E-state index in [-0.39, 0.29) is 5.15 Å². The molecule has 0 spiro atoms. The fourth-order valence-electron chi connectivity index (χ4n) is 2.07. The van der Waals surface area contributed by atoms with E-state index in [2.05, 4.69) is 4.98 Å². The minimum atomic E-state index is -2.07. The first-order valence-electron chi connectivity index (χ1n) is 5.70. The van der Waals surface area contributed by atoms with E-state index in [9.17, 15) is 4.79 Å². The van der Waals surface area contributed by atoms with Crippen LogP contribution in [0.15, 0.2) is 41.3 Å². The van der Waals surface area contributed by atoms with E-state index in [4.69, 9.17) is 50.8 Å². The third-order valence-corrected chi connectivity index (χ3v) is 3.70. The Balaban J connectivity index is 2.29. The van der Waals surface area contributed by atoms with Crippen LogP contribution in [0.1, 0.15) is 4.79 Å². The molecule has 0 fully saturated rings. The van der Waals surface area contributed by atoms with Crippen LogP contribution in [-0.2, 0) is 0 Å². The van der Waals surface area contributed by atoms with Crippen molar-refractivity contribution < 1.29 is 9.21 Å². The number of nitrogens with zero attached hydrogens (tertiary/aromatic N) is 2. The highest BCUT2D eigenvalue weighted by molar-refractivity contribution is 6.76. The molecule has 0 aliphatic heterocycles. The number of carbonyl (C=O) groups excluding carboxylic acids is 1. The summed E-state index contributed by atoms with van der Waals surface area (Å²) in [7, 11) is 0. The lowest BCUT2D eigenvalue weighted by Gasteiger charge is -2.10. The fraction of sp³-hybridized carbons (Fsp3) is 0.0769. The zero-order valence-corrected chi connectivity index (χ0v) is 13.2. The molecule has 2 heterocycles. The van der Waals surface area contributed by atoms with Crippen molar-refractivity contribution in [1.29, 1.82) is 0 Å². The van der Waals surface area contributed by atoms with E-state index >= 15 is 0 Å². The van der Waals surface area contributed by atoms with E-state index in [1.165, 1.54) is 17.2 Å². The molecule has 0 saturated carbocycles. The average molecular weight is 364 g/mol. The van der Waals surface area contributed by atoms with Gasteiger partial charge < -0.3 is 4.42 Å². The van der Waals surface area contributed by atoms with Gasteiger partial charge in [-0.3, -0.25) is 9.36 Å². The second-order valence-electron chi connectivity index (χ2n) is 4.21. The highest BCUT2D eigenvalue weighted by atomic mass is 35.6. The largest absolute Gasteiger partial charge is 0.442 e. The quantitative estimate of drug-likeness (QED) is 0.574. The van der Waals surface area contributed by atoms with Gasteiger partial charge in [0.15, 0.2) is 17.3 Å². The zero-order valence-electron chi connectivity index (χ0n) is 10.2. The summed E-state index contributed by atoms with van der Waals surface area (Å²) in [5.74, 6) is -0.339. The Morgan fingerprint density at radius 2 is 1.95 bits per heavy atom. The number of halogens is 4. The molecule has 21 heavy (non-hydrogen) atoms. The van der Waals surface area contributed by atoms with Crippen LogP contribution in [0.5, 0.6) is 0 Å². The van der Waals surface area contributed by atoms with Gasteiger partial charge in [-0.2, -0.15) is 0 Å². The van der Waals surface area contributed by atoms with Gasteiger partial charge in [0.25, 0.3) is 9.70 Å². The molecular formula is C13H6Cl4N2O2. The number of aromatic nitrogens is 2. The molecule has 4 nitrogen and oxygen atoms in total. The molecule has 108 valence electrons. The van der Waals surface area contributed by atoms with Crippen molar-refractivity contribution >= 4 is 63.2 Å². The average Bonchev–Trinajstić information content (AvgIpc) is 3.00. The summed E-state index contributed by atoms with van der Waals surface area (Å²) in [4.78, 5) is 16.1. The Hall–Kier alpha value is -1.20. The molecule has 0 unspecified atom stereocenters. The molecule has 8 heteroatoms. The van der Waals surface area contributed by atoms with Gasteiger partial charge in [0, 0.05) is 17.1 Å². The maximum absolute atomic E-state index is 12.2. The van der Waals surface area contributed by atoms with Crippen LogP contribution < -0.4 is 0 Å². The smallest absolute Gasteiger partial charge is 0.283 e. The lowest BCUT2D eigenvalue weighted by Crippen LogP contribution is -2.25. The Morgan fingerprint density at radius 1 is 1.24 bits per heavy atom. The summed E-state index contributed by atoms with van der Waals surface area (Å²) in [5, 5.41) is 0.929. The normalized spacial score (nSPS) is 12.0. The number of alkyl halides is 3. The van der Waals surface area contributed by atoms with Crippen molar-refractivity contribution in [2.75, 3.05) is 0 Å². The third-order valence-electron chi connectivity index (χ3n) is 2.94.